The van der Waals surface area contributed by atoms with Gasteiger partial charge in [-0.2, -0.15) is 0 Å². The van der Waals surface area contributed by atoms with E-state index in [4.69, 9.17) is 0 Å². The van der Waals surface area contributed by atoms with Gasteiger partial charge in [0, 0.05) is 11.8 Å². The number of pyridine rings is 1. The molecule has 1 N–H and O–H groups in total. The number of carbonyl (C=O) groups excluding carboxylic acids is 1. The summed E-state index contributed by atoms with van der Waals surface area (Å²) in [6.07, 6.45) is 0.715. The van der Waals surface area contributed by atoms with E-state index in [-0.39, 0.29) is 0 Å². The fraction of sp³-hybridized carbons (Fsp3) is 0.0769. The van der Waals surface area contributed by atoms with Gasteiger partial charge in [0.05, 0.1) is 12.7 Å². The Morgan fingerprint density at radius 2 is 1.50 bits per heavy atom. The monoisotopic (exact) mass is 319 g/mol. The summed E-state index contributed by atoms with van der Waals surface area (Å²) in [6, 6.07) is 0.670. The summed E-state index contributed by atoms with van der Waals surface area (Å²) >= 11 is 0. The number of hydrogen-bond acceptors (Lipinski definition) is 3. The second-order valence-corrected chi connectivity index (χ2v) is 4.07. The minimum atomic E-state index is -2.31. The van der Waals surface area contributed by atoms with Crippen LogP contribution >= 0.6 is 0 Å². The molecule has 2 aromatic rings. The molecule has 0 radical (unpaired) electrons. The third-order valence-corrected chi connectivity index (χ3v) is 2.81. The van der Waals surface area contributed by atoms with Crippen LogP contribution in [0.15, 0.2) is 17.1 Å². The average molecular weight is 319 g/mol. The van der Waals surface area contributed by atoms with E-state index in [2.05, 4.69) is 4.74 Å². The number of halogens is 5. The zero-order valence-corrected chi connectivity index (χ0v) is 10.8. The molecule has 0 aliphatic rings. The Balaban J connectivity index is 2.79. The first-order valence-electron chi connectivity index (χ1n) is 5.62. The summed E-state index contributed by atoms with van der Waals surface area (Å²) in [5, 5.41) is 0. The fourth-order valence-electron chi connectivity index (χ4n) is 1.75. The van der Waals surface area contributed by atoms with Crippen molar-refractivity contribution in [2.45, 2.75) is 0 Å². The molecule has 0 saturated heterocycles. The molecule has 0 amide bonds. The third-order valence-electron chi connectivity index (χ3n) is 2.81. The number of esters is 1. The largest absolute Gasteiger partial charge is 0.465 e. The molecule has 1 heterocycles. The Bertz CT molecular complexity index is 802. The Hall–Kier alpha value is -2.71. The molecule has 0 saturated carbocycles. The number of aromatic amines is 1. The molecule has 9 heteroatoms. The van der Waals surface area contributed by atoms with Crippen LogP contribution in [0.3, 0.4) is 0 Å². The van der Waals surface area contributed by atoms with Crippen LogP contribution in [0.2, 0.25) is 0 Å². The van der Waals surface area contributed by atoms with E-state index in [0.717, 1.165) is 7.11 Å². The minimum absolute atomic E-state index is 0.576. The summed E-state index contributed by atoms with van der Waals surface area (Å²) in [6.45, 7) is 0. The highest BCUT2D eigenvalue weighted by Gasteiger charge is 2.27. The van der Waals surface area contributed by atoms with Crippen molar-refractivity contribution >= 4 is 5.97 Å². The summed E-state index contributed by atoms with van der Waals surface area (Å²) in [5.41, 5.74) is -3.44. The summed E-state index contributed by atoms with van der Waals surface area (Å²) in [5.74, 6) is -11.9. The van der Waals surface area contributed by atoms with Gasteiger partial charge in [-0.1, -0.05) is 0 Å². The second kappa shape index (κ2) is 5.58. The van der Waals surface area contributed by atoms with Crippen LogP contribution in [0.4, 0.5) is 22.0 Å². The molecule has 116 valence electrons. The van der Waals surface area contributed by atoms with Gasteiger partial charge in [-0.05, 0) is 6.07 Å². The van der Waals surface area contributed by atoms with Crippen molar-refractivity contribution in [3.63, 3.8) is 0 Å². The summed E-state index contributed by atoms with van der Waals surface area (Å²) in [7, 11) is 0.951. The number of nitrogens with one attached hydrogen (secondary N) is 1. The number of H-pyrrole nitrogens is 1. The standard InChI is InChI=1S/C13H6F5NO3/c1-22-13(21)5-2-4(3-19-12(5)20)6-7(14)9(16)11(18)10(17)8(6)15/h2-3H,1H3,(H,19,20). The lowest BCUT2D eigenvalue weighted by atomic mass is 10.0. The highest BCUT2D eigenvalue weighted by Crippen LogP contribution is 2.31. The topological polar surface area (TPSA) is 59.2 Å². The molecule has 0 bridgehead atoms. The van der Waals surface area contributed by atoms with Gasteiger partial charge < -0.3 is 9.72 Å². The minimum Gasteiger partial charge on any atom is -0.465 e. The highest BCUT2D eigenvalue weighted by atomic mass is 19.2. The van der Waals surface area contributed by atoms with Crippen LogP contribution in [0.25, 0.3) is 11.1 Å². The van der Waals surface area contributed by atoms with E-state index in [0.29, 0.717) is 12.3 Å². The molecule has 1 aromatic carbocycles. The van der Waals surface area contributed by atoms with E-state index >= 15 is 0 Å². The molecular weight excluding hydrogens is 313 g/mol. The molecule has 0 spiro atoms. The van der Waals surface area contributed by atoms with E-state index in [9.17, 15) is 31.5 Å². The van der Waals surface area contributed by atoms with Crippen molar-refractivity contribution in [2.24, 2.45) is 0 Å². The van der Waals surface area contributed by atoms with E-state index in [1.165, 1.54) is 0 Å². The van der Waals surface area contributed by atoms with Crippen molar-refractivity contribution in [3.05, 3.63) is 57.3 Å². The number of carbonyl (C=O) groups is 1. The summed E-state index contributed by atoms with van der Waals surface area (Å²) in [4.78, 5) is 24.7. The van der Waals surface area contributed by atoms with Crippen LogP contribution in [0, 0.1) is 29.1 Å². The molecule has 0 fully saturated rings. The predicted molar refractivity (Wildman–Crippen MR) is 63.6 cm³/mol. The number of rotatable bonds is 2. The molecule has 0 aliphatic carbocycles. The van der Waals surface area contributed by atoms with E-state index in [1.54, 1.807) is 0 Å². The molecule has 1 aromatic heterocycles. The Labute approximate surface area is 119 Å². The van der Waals surface area contributed by atoms with Crippen molar-refractivity contribution in [2.75, 3.05) is 7.11 Å². The highest BCUT2D eigenvalue weighted by molar-refractivity contribution is 5.90. The van der Waals surface area contributed by atoms with Gasteiger partial charge in [-0.25, -0.2) is 26.7 Å². The zero-order chi connectivity index (χ0) is 16.6. The SMILES string of the molecule is COC(=O)c1cc(-c2c(F)c(F)c(F)c(F)c2F)c[nH]c1=O. The van der Waals surface area contributed by atoms with E-state index in [1.807, 2.05) is 4.98 Å². The van der Waals surface area contributed by atoms with Gasteiger partial charge in [0.15, 0.2) is 23.3 Å². The molecular formula is C13H6F5NO3. The first-order valence-corrected chi connectivity index (χ1v) is 5.62. The number of methoxy groups -OCH3 is 1. The Kier molecular flexibility index (Phi) is 3.98. The zero-order valence-electron chi connectivity index (χ0n) is 10.8. The van der Waals surface area contributed by atoms with Crippen LogP contribution < -0.4 is 5.56 Å². The lowest BCUT2D eigenvalue weighted by molar-refractivity contribution is 0.0598. The Morgan fingerprint density at radius 1 is 1.00 bits per heavy atom. The van der Waals surface area contributed by atoms with Gasteiger partial charge in [-0.15, -0.1) is 0 Å². The Morgan fingerprint density at radius 3 is 2.00 bits per heavy atom. The number of benzene rings is 1. The van der Waals surface area contributed by atoms with Crippen molar-refractivity contribution in [3.8, 4) is 11.1 Å². The van der Waals surface area contributed by atoms with Gasteiger partial charge in [-0.3, -0.25) is 4.79 Å². The van der Waals surface area contributed by atoms with Crippen LogP contribution in [0.1, 0.15) is 10.4 Å². The maximum Gasteiger partial charge on any atom is 0.343 e. The average Bonchev–Trinajstić information content (AvgIpc) is 2.52. The smallest absolute Gasteiger partial charge is 0.343 e. The van der Waals surface area contributed by atoms with Gasteiger partial charge in [0.25, 0.3) is 5.56 Å². The first kappa shape index (κ1) is 15.7. The number of hydrogen-bond donors (Lipinski definition) is 1. The lowest BCUT2D eigenvalue weighted by Crippen LogP contribution is -2.18. The van der Waals surface area contributed by atoms with Crippen molar-refractivity contribution in [1.82, 2.24) is 4.98 Å². The van der Waals surface area contributed by atoms with Gasteiger partial charge in [0.2, 0.25) is 5.82 Å². The van der Waals surface area contributed by atoms with Crippen molar-refractivity contribution in [1.29, 1.82) is 0 Å². The van der Waals surface area contributed by atoms with Crippen LogP contribution in [-0.2, 0) is 4.74 Å². The quantitative estimate of drug-likeness (QED) is 0.400. The lowest BCUT2D eigenvalue weighted by Gasteiger charge is -2.09. The second-order valence-electron chi connectivity index (χ2n) is 4.07. The maximum absolute atomic E-state index is 13.7. The van der Waals surface area contributed by atoms with Gasteiger partial charge >= 0.3 is 5.97 Å². The first-order chi connectivity index (χ1) is 10.3. The van der Waals surface area contributed by atoms with Crippen LogP contribution in [-0.4, -0.2) is 18.1 Å². The molecule has 22 heavy (non-hydrogen) atoms. The molecule has 4 nitrogen and oxygen atoms in total. The normalized spacial score (nSPS) is 10.6. The van der Waals surface area contributed by atoms with Crippen molar-refractivity contribution < 1.29 is 31.5 Å². The molecule has 0 atom stereocenters. The summed E-state index contributed by atoms with van der Waals surface area (Å²) < 4.78 is 70.9. The third kappa shape index (κ3) is 2.34. The van der Waals surface area contributed by atoms with Crippen LogP contribution in [0.5, 0.6) is 0 Å². The number of aromatic nitrogens is 1. The van der Waals surface area contributed by atoms with Gasteiger partial charge in [0.1, 0.15) is 5.56 Å². The number of ether oxygens (including phenoxy) is 1. The maximum atomic E-state index is 13.7. The fourth-order valence-corrected chi connectivity index (χ4v) is 1.75. The molecule has 0 unspecified atom stereocenters. The molecule has 0 aliphatic heterocycles. The molecule has 2 rings (SSSR count). The van der Waals surface area contributed by atoms with E-state index < -0.39 is 57.3 Å². The predicted octanol–water partition coefficient (Wildman–Crippen LogP) is 2.52.